The van der Waals surface area contributed by atoms with Crippen molar-refractivity contribution in [3.63, 3.8) is 0 Å². The van der Waals surface area contributed by atoms with Crippen LogP contribution in [0.2, 0.25) is 0 Å². The van der Waals surface area contributed by atoms with Gasteiger partial charge in [0.1, 0.15) is 22.8 Å². The fourth-order valence-electron chi connectivity index (χ4n) is 7.22. The third kappa shape index (κ3) is 10.4. The summed E-state index contributed by atoms with van der Waals surface area (Å²) in [7, 11) is 6.02. The van der Waals surface area contributed by atoms with Crippen LogP contribution in [0.3, 0.4) is 0 Å². The van der Waals surface area contributed by atoms with Crippen molar-refractivity contribution in [2.75, 3.05) is 34.2 Å². The van der Waals surface area contributed by atoms with E-state index in [1.165, 1.54) is 24.3 Å². The average molecular weight is 713 g/mol. The molecule has 52 heavy (non-hydrogen) atoms. The summed E-state index contributed by atoms with van der Waals surface area (Å²) in [6, 6.07) is 30.7. The van der Waals surface area contributed by atoms with Crippen molar-refractivity contribution >= 4 is 11.9 Å². The first kappa shape index (κ1) is 40.4. The summed E-state index contributed by atoms with van der Waals surface area (Å²) in [5.41, 5.74) is 2.42. The van der Waals surface area contributed by atoms with Gasteiger partial charge < -0.3 is 19.3 Å². The Balaban J connectivity index is 1.71. The molecule has 0 aliphatic carbocycles. The molecule has 0 unspecified atom stereocenters. The summed E-state index contributed by atoms with van der Waals surface area (Å²) in [5.74, 6) is -1.63. The van der Waals surface area contributed by atoms with Crippen LogP contribution >= 0.6 is 0 Å². The molecule has 0 heterocycles. The molecule has 8 heteroatoms. The van der Waals surface area contributed by atoms with E-state index in [-0.39, 0.29) is 48.3 Å². The summed E-state index contributed by atoms with van der Waals surface area (Å²) in [5, 5.41) is 0. The van der Waals surface area contributed by atoms with Crippen LogP contribution in [-0.2, 0) is 49.7 Å². The third-order valence-electron chi connectivity index (χ3n) is 9.88. The van der Waals surface area contributed by atoms with Gasteiger partial charge in [0.15, 0.2) is 0 Å². The first-order chi connectivity index (χ1) is 24.8. The monoisotopic (exact) mass is 712 g/mol. The predicted octanol–water partition coefficient (Wildman–Crippen LogP) is 8.71. The van der Waals surface area contributed by atoms with Gasteiger partial charge in [-0.1, -0.05) is 107 Å². The van der Waals surface area contributed by atoms with Crippen LogP contribution in [0.15, 0.2) is 103 Å². The van der Waals surface area contributed by atoms with Crippen LogP contribution in [0.5, 0.6) is 0 Å². The number of carbonyl (C=O) groups excluding carboxylic acids is 2. The van der Waals surface area contributed by atoms with Gasteiger partial charge in [0, 0.05) is 57.2 Å². The fourth-order valence-corrected chi connectivity index (χ4v) is 7.22. The van der Waals surface area contributed by atoms with Crippen molar-refractivity contribution in [2.45, 2.75) is 71.1 Å². The molecule has 0 saturated carbocycles. The molecule has 278 valence electrons. The number of esters is 2. The minimum absolute atomic E-state index is 0.112. The molecular weight excluding hydrogens is 658 g/mol. The highest BCUT2D eigenvalue weighted by Crippen LogP contribution is 2.41. The minimum atomic E-state index is -1.06. The van der Waals surface area contributed by atoms with Crippen LogP contribution in [0.25, 0.3) is 0 Å². The lowest BCUT2D eigenvalue weighted by Gasteiger charge is -2.41. The molecule has 0 fully saturated rings. The largest absolute Gasteiger partial charge is 0.453 e. The molecule has 4 atom stereocenters. The van der Waals surface area contributed by atoms with E-state index in [2.05, 4.69) is 35.8 Å². The summed E-state index contributed by atoms with van der Waals surface area (Å²) < 4.78 is 41.0. The van der Waals surface area contributed by atoms with Gasteiger partial charge in [0.25, 0.3) is 0 Å². The lowest BCUT2D eigenvalue weighted by Crippen LogP contribution is -2.45. The number of nitrogens with zero attached hydrogens (tertiary/aromatic N) is 2. The van der Waals surface area contributed by atoms with E-state index >= 15 is 0 Å². The second-order valence-corrected chi connectivity index (χ2v) is 14.4. The molecule has 0 aliphatic rings. The number of ether oxygens (including phenoxy) is 2. The van der Waals surface area contributed by atoms with E-state index in [4.69, 9.17) is 9.47 Å². The molecule has 0 bridgehead atoms. The van der Waals surface area contributed by atoms with Crippen molar-refractivity contribution in [2.24, 2.45) is 11.8 Å². The summed E-state index contributed by atoms with van der Waals surface area (Å²) in [6.45, 7) is 9.49. The Morgan fingerprint density at radius 1 is 0.615 bits per heavy atom. The fraction of sp³-hybridized carbons (Fsp3) is 0.409. The molecule has 0 radical (unpaired) electrons. The maximum atomic E-state index is 14.2. The van der Waals surface area contributed by atoms with E-state index < -0.39 is 11.2 Å². The highest BCUT2D eigenvalue weighted by molar-refractivity contribution is 5.70. The Labute approximate surface area is 308 Å². The van der Waals surface area contributed by atoms with E-state index in [1.807, 2.05) is 63.6 Å². The smallest absolute Gasteiger partial charge is 0.306 e. The second kappa shape index (κ2) is 18.4. The van der Waals surface area contributed by atoms with Crippen LogP contribution in [0, 0.1) is 23.5 Å². The predicted molar refractivity (Wildman–Crippen MR) is 202 cm³/mol. The molecular formula is C44H54F2N2O4. The standard InChI is InChI=1S/C44H54F2N2O4/c1-8-41(49)51-43(27-34-14-11-10-12-15-34,37-20-24-40(46)25-21-37)33(4)30-48(7)31-36-16-13-17-38(26-36)44(52-42(50)9-2,32(3)29-47(5)6)28-35-18-22-39(45)23-19-35/h10-26,32-33H,8-9,27-31H2,1-7H3/t32-,33-,43+,44+/m1/s1. The number of carbonyl (C=O) groups is 2. The third-order valence-corrected chi connectivity index (χ3v) is 9.88. The first-order valence-corrected chi connectivity index (χ1v) is 18.2. The van der Waals surface area contributed by atoms with Gasteiger partial charge in [-0.3, -0.25) is 9.59 Å². The van der Waals surface area contributed by atoms with Crippen LogP contribution in [-0.4, -0.2) is 56.0 Å². The average Bonchev–Trinajstić information content (AvgIpc) is 3.12. The molecule has 0 N–H and O–H groups in total. The Bertz CT molecular complexity index is 1730. The Hall–Kier alpha value is -4.40. The van der Waals surface area contributed by atoms with E-state index in [0.717, 1.165) is 27.8 Å². The molecule has 4 aromatic rings. The maximum absolute atomic E-state index is 14.2. The van der Waals surface area contributed by atoms with E-state index in [1.54, 1.807) is 38.1 Å². The van der Waals surface area contributed by atoms with Gasteiger partial charge in [-0.25, -0.2) is 8.78 Å². The molecule has 0 amide bonds. The zero-order valence-electron chi connectivity index (χ0n) is 31.7. The summed E-state index contributed by atoms with van der Waals surface area (Å²) in [6.07, 6.45) is 1.24. The van der Waals surface area contributed by atoms with Gasteiger partial charge in [-0.05, 0) is 73.2 Å². The Morgan fingerprint density at radius 3 is 1.63 bits per heavy atom. The Kier molecular flexibility index (Phi) is 14.3. The lowest BCUT2D eigenvalue weighted by molar-refractivity contribution is -0.169. The lowest BCUT2D eigenvalue weighted by atomic mass is 9.76. The topological polar surface area (TPSA) is 59.1 Å². The van der Waals surface area contributed by atoms with Crippen LogP contribution < -0.4 is 0 Å². The summed E-state index contributed by atoms with van der Waals surface area (Å²) in [4.78, 5) is 30.5. The van der Waals surface area contributed by atoms with Crippen molar-refractivity contribution in [1.29, 1.82) is 0 Å². The number of rotatable bonds is 18. The zero-order chi connectivity index (χ0) is 37.9. The van der Waals surface area contributed by atoms with Gasteiger partial charge in [-0.15, -0.1) is 0 Å². The molecule has 4 aromatic carbocycles. The van der Waals surface area contributed by atoms with Gasteiger partial charge in [-0.2, -0.15) is 0 Å². The molecule has 4 rings (SSSR count). The van der Waals surface area contributed by atoms with Gasteiger partial charge in [0.05, 0.1) is 0 Å². The molecule has 0 aromatic heterocycles. The quantitative estimate of drug-likeness (QED) is 0.0963. The highest BCUT2D eigenvalue weighted by atomic mass is 19.1. The molecule has 0 saturated heterocycles. The van der Waals surface area contributed by atoms with Crippen molar-refractivity contribution in [3.8, 4) is 0 Å². The number of benzene rings is 4. The van der Waals surface area contributed by atoms with Gasteiger partial charge in [0.2, 0.25) is 0 Å². The molecule has 0 spiro atoms. The number of hydrogen-bond donors (Lipinski definition) is 0. The van der Waals surface area contributed by atoms with Crippen molar-refractivity contribution < 1.29 is 27.8 Å². The molecule has 6 nitrogen and oxygen atoms in total. The number of halogens is 2. The molecule has 0 aliphatic heterocycles. The van der Waals surface area contributed by atoms with Crippen molar-refractivity contribution in [3.05, 3.63) is 143 Å². The SMILES string of the molecule is CCC(=O)O[C@](Cc1ccc(F)cc1)(c1cccc(CN(C)C[C@@H](C)[C@](Cc2ccccc2)(OC(=O)CC)c2ccc(F)cc2)c1)[C@H](C)CN(C)C. The first-order valence-electron chi connectivity index (χ1n) is 18.2. The van der Waals surface area contributed by atoms with Gasteiger partial charge >= 0.3 is 11.9 Å². The van der Waals surface area contributed by atoms with E-state index in [9.17, 15) is 18.4 Å². The zero-order valence-corrected chi connectivity index (χ0v) is 31.7. The second-order valence-electron chi connectivity index (χ2n) is 14.4. The van der Waals surface area contributed by atoms with Crippen LogP contribution in [0.4, 0.5) is 8.78 Å². The summed E-state index contributed by atoms with van der Waals surface area (Å²) >= 11 is 0. The maximum Gasteiger partial charge on any atom is 0.306 e. The van der Waals surface area contributed by atoms with Crippen LogP contribution in [0.1, 0.15) is 68.4 Å². The van der Waals surface area contributed by atoms with E-state index in [0.29, 0.717) is 32.5 Å². The highest BCUT2D eigenvalue weighted by Gasteiger charge is 2.44. The number of hydrogen-bond acceptors (Lipinski definition) is 6. The van der Waals surface area contributed by atoms with Crippen molar-refractivity contribution in [1.82, 2.24) is 9.80 Å². The Morgan fingerprint density at radius 2 is 1.10 bits per heavy atom. The minimum Gasteiger partial charge on any atom is -0.453 e. The normalized spacial score (nSPS) is 15.1.